The highest BCUT2D eigenvalue weighted by Crippen LogP contribution is 2.24. The van der Waals surface area contributed by atoms with E-state index in [0.29, 0.717) is 12.3 Å². The summed E-state index contributed by atoms with van der Waals surface area (Å²) >= 11 is 0. The molecule has 1 aromatic carbocycles. The molecule has 1 heterocycles. The van der Waals surface area contributed by atoms with Crippen LogP contribution in [0.3, 0.4) is 0 Å². The van der Waals surface area contributed by atoms with Crippen LogP contribution in [-0.4, -0.2) is 22.1 Å². The first-order valence-corrected chi connectivity index (χ1v) is 8.92. The Morgan fingerprint density at radius 2 is 1.88 bits per heavy atom. The number of para-hydroxylation sites is 1. The first-order chi connectivity index (χ1) is 12.2. The minimum Gasteiger partial charge on any atom is -0.480 e. The molecule has 1 aromatic heterocycles. The van der Waals surface area contributed by atoms with Gasteiger partial charge in [0.2, 0.25) is 5.88 Å². The summed E-state index contributed by atoms with van der Waals surface area (Å²) in [5.41, 5.74) is 1.03. The molecule has 5 nitrogen and oxygen atoms in total. The molecule has 2 atom stereocenters. The minimum absolute atomic E-state index is 0.108. The third-order valence-corrected chi connectivity index (χ3v) is 4.16. The summed E-state index contributed by atoms with van der Waals surface area (Å²) in [4.78, 5) is 15.9. The zero-order chi connectivity index (χ0) is 19.2. The molecule has 5 heteroatoms. The zero-order valence-electron chi connectivity index (χ0n) is 15.9. The molecule has 0 saturated carbocycles. The van der Waals surface area contributed by atoms with E-state index in [1.54, 1.807) is 12.3 Å². The van der Waals surface area contributed by atoms with Gasteiger partial charge in [-0.05, 0) is 42.9 Å². The van der Waals surface area contributed by atoms with Crippen LogP contribution in [0.2, 0.25) is 0 Å². The molecular formula is C21H28N2O3. The number of rotatable bonds is 8. The fourth-order valence-electron chi connectivity index (χ4n) is 2.57. The summed E-state index contributed by atoms with van der Waals surface area (Å²) in [6.07, 6.45) is 3.15. The summed E-state index contributed by atoms with van der Waals surface area (Å²) in [7, 11) is 0. The van der Waals surface area contributed by atoms with Crippen LogP contribution in [0.5, 0.6) is 11.6 Å². The maximum atomic E-state index is 11.5. The molecule has 0 radical (unpaired) electrons. The molecular weight excluding hydrogens is 328 g/mol. The van der Waals surface area contributed by atoms with E-state index >= 15 is 0 Å². The number of pyridine rings is 1. The van der Waals surface area contributed by atoms with Crippen molar-refractivity contribution in [2.24, 2.45) is 5.41 Å². The average Bonchev–Trinajstić information content (AvgIpc) is 2.59. The third kappa shape index (κ3) is 6.48. The van der Waals surface area contributed by atoms with Crippen molar-refractivity contribution in [1.29, 1.82) is 0 Å². The number of aliphatic carboxylic acids is 1. The topological polar surface area (TPSA) is 71.5 Å². The molecule has 0 amide bonds. The van der Waals surface area contributed by atoms with Crippen molar-refractivity contribution in [3.05, 3.63) is 54.2 Å². The van der Waals surface area contributed by atoms with Crippen LogP contribution in [0.4, 0.5) is 0 Å². The summed E-state index contributed by atoms with van der Waals surface area (Å²) in [6.45, 7) is 8.29. The fraction of sp³-hybridized carbons (Fsp3) is 0.429. The Morgan fingerprint density at radius 3 is 2.42 bits per heavy atom. The quantitative estimate of drug-likeness (QED) is 0.710. The van der Waals surface area contributed by atoms with Gasteiger partial charge in [0.25, 0.3) is 0 Å². The van der Waals surface area contributed by atoms with Crippen molar-refractivity contribution >= 4 is 5.97 Å². The molecule has 0 fully saturated rings. The zero-order valence-corrected chi connectivity index (χ0v) is 15.9. The lowest BCUT2D eigenvalue weighted by atomic mass is 9.88. The lowest BCUT2D eigenvalue weighted by Crippen LogP contribution is -2.39. The lowest BCUT2D eigenvalue weighted by molar-refractivity contribution is -0.140. The predicted molar refractivity (Wildman–Crippen MR) is 102 cm³/mol. The largest absolute Gasteiger partial charge is 0.480 e. The monoisotopic (exact) mass is 356 g/mol. The van der Waals surface area contributed by atoms with Gasteiger partial charge in [-0.1, -0.05) is 45.0 Å². The smallest absolute Gasteiger partial charge is 0.320 e. The van der Waals surface area contributed by atoms with Crippen LogP contribution in [0.15, 0.2) is 48.7 Å². The second kappa shape index (κ2) is 8.81. The number of aromatic nitrogens is 1. The number of nitrogens with one attached hydrogen (secondary N) is 1. The van der Waals surface area contributed by atoms with E-state index in [-0.39, 0.29) is 11.5 Å². The first-order valence-electron chi connectivity index (χ1n) is 8.92. The summed E-state index contributed by atoms with van der Waals surface area (Å²) in [5.74, 6) is 0.416. The van der Waals surface area contributed by atoms with E-state index < -0.39 is 12.0 Å². The normalized spacial score (nSPS) is 13.8. The van der Waals surface area contributed by atoms with Crippen molar-refractivity contribution in [3.63, 3.8) is 0 Å². The van der Waals surface area contributed by atoms with Crippen molar-refractivity contribution in [1.82, 2.24) is 10.3 Å². The molecule has 140 valence electrons. The van der Waals surface area contributed by atoms with Crippen LogP contribution in [0.25, 0.3) is 0 Å². The molecule has 0 aliphatic heterocycles. The molecule has 0 unspecified atom stereocenters. The highest BCUT2D eigenvalue weighted by atomic mass is 16.5. The van der Waals surface area contributed by atoms with Gasteiger partial charge in [-0.15, -0.1) is 0 Å². The summed E-state index contributed by atoms with van der Waals surface area (Å²) in [6, 6.07) is 12.5. The van der Waals surface area contributed by atoms with Gasteiger partial charge in [0.1, 0.15) is 11.8 Å². The average molecular weight is 356 g/mol. The van der Waals surface area contributed by atoms with E-state index in [0.717, 1.165) is 17.7 Å². The number of benzene rings is 1. The van der Waals surface area contributed by atoms with Crippen LogP contribution < -0.4 is 10.1 Å². The van der Waals surface area contributed by atoms with Crippen molar-refractivity contribution in [2.45, 2.75) is 52.6 Å². The van der Waals surface area contributed by atoms with Gasteiger partial charge < -0.3 is 9.84 Å². The van der Waals surface area contributed by atoms with Crippen LogP contribution in [-0.2, 0) is 4.79 Å². The maximum Gasteiger partial charge on any atom is 0.320 e. The Bertz CT molecular complexity index is 693. The van der Waals surface area contributed by atoms with Crippen molar-refractivity contribution in [2.75, 3.05) is 0 Å². The SMILES string of the molecule is C[C@@H](N[C@@H](CCC(C)(C)C)C(=O)O)c1ccc(Oc2ccccc2)nc1. The summed E-state index contributed by atoms with van der Waals surface area (Å²) < 4.78 is 5.68. The molecule has 26 heavy (non-hydrogen) atoms. The molecule has 2 rings (SSSR count). The van der Waals surface area contributed by atoms with Crippen molar-refractivity contribution in [3.8, 4) is 11.6 Å². The highest BCUT2D eigenvalue weighted by Gasteiger charge is 2.23. The molecule has 0 bridgehead atoms. The van der Waals surface area contributed by atoms with Crippen LogP contribution >= 0.6 is 0 Å². The number of ether oxygens (including phenoxy) is 1. The van der Waals surface area contributed by atoms with Gasteiger partial charge in [-0.3, -0.25) is 10.1 Å². The Hall–Kier alpha value is -2.40. The van der Waals surface area contributed by atoms with E-state index in [2.05, 4.69) is 31.1 Å². The van der Waals surface area contributed by atoms with E-state index in [9.17, 15) is 9.90 Å². The van der Waals surface area contributed by atoms with E-state index in [1.807, 2.05) is 43.3 Å². The molecule has 0 aliphatic rings. The van der Waals surface area contributed by atoms with Gasteiger partial charge in [0, 0.05) is 18.3 Å². The maximum absolute atomic E-state index is 11.5. The number of carboxylic acid groups (broad SMARTS) is 1. The second-order valence-electron chi connectivity index (χ2n) is 7.72. The summed E-state index contributed by atoms with van der Waals surface area (Å²) in [5, 5.41) is 12.7. The first kappa shape index (κ1) is 19.9. The lowest BCUT2D eigenvalue weighted by Gasteiger charge is -2.24. The van der Waals surface area contributed by atoms with Gasteiger partial charge in [0.05, 0.1) is 0 Å². The fourth-order valence-corrected chi connectivity index (χ4v) is 2.57. The van der Waals surface area contributed by atoms with Gasteiger partial charge in [-0.2, -0.15) is 0 Å². The van der Waals surface area contributed by atoms with Gasteiger partial charge >= 0.3 is 5.97 Å². The van der Waals surface area contributed by atoms with Crippen LogP contribution in [0, 0.1) is 5.41 Å². The third-order valence-electron chi connectivity index (χ3n) is 4.16. The van der Waals surface area contributed by atoms with Crippen molar-refractivity contribution < 1.29 is 14.6 Å². The Labute approximate surface area is 155 Å². The molecule has 0 saturated heterocycles. The van der Waals surface area contributed by atoms with Gasteiger partial charge in [0.15, 0.2) is 0 Å². The highest BCUT2D eigenvalue weighted by molar-refractivity contribution is 5.73. The number of carbonyl (C=O) groups is 1. The minimum atomic E-state index is -0.821. The number of hydrogen-bond donors (Lipinski definition) is 2. The Kier molecular flexibility index (Phi) is 6.75. The number of carboxylic acids is 1. The Morgan fingerprint density at radius 1 is 1.19 bits per heavy atom. The Balaban J connectivity index is 1.97. The second-order valence-corrected chi connectivity index (χ2v) is 7.72. The molecule has 0 aliphatic carbocycles. The van der Waals surface area contributed by atoms with Gasteiger partial charge in [-0.25, -0.2) is 4.98 Å². The number of nitrogens with zero attached hydrogens (tertiary/aromatic N) is 1. The molecule has 2 aromatic rings. The van der Waals surface area contributed by atoms with E-state index in [4.69, 9.17) is 4.74 Å². The van der Waals surface area contributed by atoms with Crippen LogP contribution in [0.1, 0.15) is 52.1 Å². The standard InChI is InChI=1S/C21H28N2O3/c1-15(23-18(20(24)25)12-13-21(2,3)4)16-10-11-19(22-14-16)26-17-8-6-5-7-9-17/h5-11,14-15,18,23H,12-13H2,1-4H3,(H,24,25)/t15-,18+/m1/s1. The number of hydrogen-bond acceptors (Lipinski definition) is 4. The van der Waals surface area contributed by atoms with E-state index in [1.165, 1.54) is 0 Å². The molecule has 0 spiro atoms. The molecule has 2 N–H and O–H groups in total. The predicted octanol–water partition coefficient (Wildman–Crippen LogP) is 4.80.